The molecule has 0 radical (unpaired) electrons. The molecule has 1 atom stereocenters. The minimum Gasteiger partial charge on any atom is -0.451 e. The molecule has 0 amide bonds. The highest BCUT2D eigenvalue weighted by Crippen LogP contribution is 2.27. The van der Waals surface area contributed by atoms with Gasteiger partial charge >= 0.3 is 5.97 Å². The van der Waals surface area contributed by atoms with Gasteiger partial charge in [-0.25, -0.2) is 13.2 Å². The van der Waals surface area contributed by atoms with Crippen LogP contribution in [0.5, 0.6) is 0 Å². The summed E-state index contributed by atoms with van der Waals surface area (Å²) in [5.41, 5.74) is 1.00. The molecule has 2 fully saturated rings. The Hall–Kier alpha value is -2.42. The number of carbonyl (C=O) groups excluding carboxylic acids is 2. The highest BCUT2D eigenvalue weighted by atomic mass is 35.5. The van der Waals surface area contributed by atoms with E-state index in [9.17, 15) is 18.0 Å². The fourth-order valence-electron chi connectivity index (χ4n) is 3.90. The lowest BCUT2D eigenvalue weighted by Crippen LogP contribution is -2.48. The highest BCUT2D eigenvalue weighted by molar-refractivity contribution is 7.89. The molecule has 164 valence electrons. The number of carbonyl (C=O) groups is 2. The maximum absolute atomic E-state index is 13.2. The Morgan fingerprint density at radius 1 is 1.03 bits per heavy atom. The first-order chi connectivity index (χ1) is 14.9. The number of ether oxygens (including phenoxy) is 1. The Kier molecular flexibility index (Phi) is 6.31. The van der Waals surface area contributed by atoms with Crippen LogP contribution in [-0.4, -0.2) is 56.8 Å². The van der Waals surface area contributed by atoms with Crippen LogP contribution in [0, 0.1) is 0 Å². The summed E-state index contributed by atoms with van der Waals surface area (Å²) >= 11 is 6.13. The molecule has 0 spiro atoms. The quantitative estimate of drug-likeness (QED) is 0.635. The lowest BCUT2D eigenvalue weighted by molar-refractivity contribution is -0.124. The number of hydrogen-bond acceptors (Lipinski definition) is 6. The summed E-state index contributed by atoms with van der Waals surface area (Å²) in [6.45, 7) is 1.79. The number of piperazine rings is 1. The van der Waals surface area contributed by atoms with Crippen molar-refractivity contribution in [2.75, 3.05) is 31.1 Å². The summed E-state index contributed by atoms with van der Waals surface area (Å²) in [5.74, 6) is -0.902. The summed E-state index contributed by atoms with van der Waals surface area (Å²) in [5, 5.41) is 0.0864. The number of ketones is 1. The molecule has 4 rings (SSSR count). The molecule has 0 unspecified atom stereocenters. The maximum Gasteiger partial charge on any atom is 0.340 e. The summed E-state index contributed by atoms with van der Waals surface area (Å²) in [7, 11) is -3.81. The summed E-state index contributed by atoms with van der Waals surface area (Å²) in [6.07, 6.45) is 0.754. The van der Waals surface area contributed by atoms with Crippen LogP contribution in [0.25, 0.3) is 0 Å². The first-order valence-corrected chi connectivity index (χ1v) is 12.0. The fourth-order valence-corrected chi connectivity index (χ4v) is 5.54. The van der Waals surface area contributed by atoms with E-state index in [0.717, 1.165) is 5.69 Å². The van der Waals surface area contributed by atoms with Gasteiger partial charge in [-0.3, -0.25) is 4.79 Å². The monoisotopic (exact) mass is 462 g/mol. The van der Waals surface area contributed by atoms with E-state index in [-0.39, 0.29) is 21.3 Å². The molecule has 9 heteroatoms. The van der Waals surface area contributed by atoms with Crippen molar-refractivity contribution in [2.24, 2.45) is 0 Å². The van der Waals surface area contributed by atoms with Crippen molar-refractivity contribution >= 4 is 39.1 Å². The number of benzene rings is 2. The van der Waals surface area contributed by atoms with E-state index in [1.165, 1.54) is 22.5 Å². The Morgan fingerprint density at radius 2 is 1.74 bits per heavy atom. The number of Topliss-reactive ketones (excluding diaryl/α,β-unsaturated/α-hetero) is 1. The van der Waals surface area contributed by atoms with Crippen molar-refractivity contribution < 1.29 is 22.7 Å². The summed E-state index contributed by atoms with van der Waals surface area (Å²) in [4.78, 5) is 26.4. The van der Waals surface area contributed by atoms with Crippen LogP contribution >= 0.6 is 11.6 Å². The smallest absolute Gasteiger partial charge is 0.340 e. The number of esters is 1. The van der Waals surface area contributed by atoms with Crippen LogP contribution in [0.15, 0.2) is 53.4 Å². The van der Waals surface area contributed by atoms with Crippen molar-refractivity contribution in [1.29, 1.82) is 0 Å². The minimum atomic E-state index is -3.81. The number of rotatable bonds is 5. The molecule has 2 aromatic rings. The van der Waals surface area contributed by atoms with E-state index < -0.39 is 22.1 Å². The molecule has 0 bridgehead atoms. The van der Waals surface area contributed by atoms with Gasteiger partial charge in [0.05, 0.1) is 15.5 Å². The van der Waals surface area contributed by atoms with Gasteiger partial charge in [0.15, 0.2) is 11.9 Å². The van der Waals surface area contributed by atoms with E-state index >= 15 is 0 Å². The van der Waals surface area contributed by atoms with Crippen LogP contribution in [0.1, 0.15) is 29.6 Å². The zero-order valence-corrected chi connectivity index (χ0v) is 18.4. The molecule has 31 heavy (non-hydrogen) atoms. The number of hydrogen-bond donors (Lipinski definition) is 0. The van der Waals surface area contributed by atoms with Gasteiger partial charge in [0.2, 0.25) is 10.0 Å². The van der Waals surface area contributed by atoms with Crippen molar-refractivity contribution in [2.45, 2.75) is 30.3 Å². The van der Waals surface area contributed by atoms with E-state index in [1.54, 1.807) is 0 Å². The lowest BCUT2D eigenvalue weighted by Gasteiger charge is -2.35. The van der Waals surface area contributed by atoms with Gasteiger partial charge in [-0.05, 0) is 43.2 Å². The van der Waals surface area contributed by atoms with Gasteiger partial charge in [-0.15, -0.1) is 0 Å². The molecule has 1 saturated carbocycles. The predicted molar refractivity (Wildman–Crippen MR) is 117 cm³/mol. The maximum atomic E-state index is 13.2. The molecule has 2 aromatic carbocycles. The number of sulfonamides is 1. The van der Waals surface area contributed by atoms with E-state index in [0.29, 0.717) is 45.4 Å². The van der Waals surface area contributed by atoms with Crippen LogP contribution in [-0.2, 0) is 19.6 Å². The van der Waals surface area contributed by atoms with Crippen molar-refractivity contribution in [3.05, 3.63) is 59.1 Å². The number of para-hydroxylation sites is 1. The van der Waals surface area contributed by atoms with Crippen LogP contribution < -0.4 is 4.90 Å². The van der Waals surface area contributed by atoms with Gasteiger partial charge in [0.25, 0.3) is 0 Å². The van der Waals surface area contributed by atoms with Gasteiger partial charge in [0.1, 0.15) is 0 Å². The molecule has 1 aliphatic carbocycles. The normalized spacial score (nSPS) is 20.1. The number of anilines is 1. The van der Waals surface area contributed by atoms with Gasteiger partial charge < -0.3 is 9.64 Å². The summed E-state index contributed by atoms with van der Waals surface area (Å²) < 4.78 is 33.0. The third-order valence-electron chi connectivity index (χ3n) is 5.65. The van der Waals surface area contributed by atoms with E-state index in [4.69, 9.17) is 16.3 Å². The number of nitrogens with zero attached hydrogens (tertiary/aromatic N) is 2. The third kappa shape index (κ3) is 4.61. The molecular weight excluding hydrogens is 440 g/mol. The second kappa shape index (κ2) is 8.98. The molecule has 0 N–H and O–H groups in total. The third-order valence-corrected chi connectivity index (χ3v) is 7.88. The van der Waals surface area contributed by atoms with E-state index in [1.807, 2.05) is 30.3 Å². The van der Waals surface area contributed by atoms with Crippen molar-refractivity contribution in [3.63, 3.8) is 0 Å². The highest BCUT2D eigenvalue weighted by Gasteiger charge is 2.32. The van der Waals surface area contributed by atoms with Gasteiger partial charge in [0, 0.05) is 38.3 Å². The van der Waals surface area contributed by atoms with Crippen LogP contribution in [0.3, 0.4) is 0 Å². The first-order valence-electron chi connectivity index (χ1n) is 10.2. The molecular formula is C22H23ClN2O5S. The van der Waals surface area contributed by atoms with Crippen molar-refractivity contribution in [3.8, 4) is 0 Å². The Balaban J connectivity index is 1.49. The molecule has 0 aromatic heterocycles. The zero-order chi connectivity index (χ0) is 22.0. The fraction of sp³-hybridized carbons (Fsp3) is 0.364. The Labute approximate surface area is 186 Å². The largest absolute Gasteiger partial charge is 0.451 e. The summed E-state index contributed by atoms with van der Waals surface area (Å²) in [6, 6.07) is 13.8. The Morgan fingerprint density at radius 3 is 2.39 bits per heavy atom. The Bertz CT molecular complexity index is 1080. The molecule has 1 saturated heterocycles. The SMILES string of the molecule is O=C(O[C@@H]1CCCC1=O)c1cc(S(=O)(=O)N2CCN(c3ccccc3)CC2)ccc1Cl. The van der Waals surface area contributed by atoms with Gasteiger partial charge in [-0.2, -0.15) is 4.31 Å². The zero-order valence-electron chi connectivity index (χ0n) is 16.9. The van der Waals surface area contributed by atoms with Crippen molar-refractivity contribution in [1.82, 2.24) is 4.31 Å². The van der Waals surface area contributed by atoms with E-state index in [2.05, 4.69) is 4.90 Å². The molecule has 1 heterocycles. The second-order valence-corrected chi connectivity index (χ2v) is 9.97. The second-order valence-electron chi connectivity index (χ2n) is 7.62. The minimum absolute atomic E-state index is 0.0187. The molecule has 2 aliphatic rings. The standard InChI is InChI=1S/C22H23ClN2O5S/c23-19-10-9-17(15-18(19)22(27)30-21-8-4-7-20(21)26)31(28,29)25-13-11-24(12-14-25)16-5-2-1-3-6-16/h1-3,5-6,9-10,15,21H,4,7-8,11-14H2/t21-/m1/s1. The molecule has 1 aliphatic heterocycles. The van der Waals surface area contributed by atoms with Crippen LogP contribution in [0.4, 0.5) is 5.69 Å². The average molecular weight is 463 g/mol. The topological polar surface area (TPSA) is 84.0 Å². The lowest BCUT2D eigenvalue weighted by atomic mass is 10.2. The first kappa shape index (κ1) is 21.8. The van der Waals surface area contributed by atoms with Gasteiger partial charge in [-0.1, -0.05) is 29.8 Å². The van der Waals surface area contributed by atoms with Crippen LogP contribution in [0.2, 0.25) is 5.02 Å². The average Bonchev–Trinajstić information content (AvgIpc) is 3.18. The predicted octanol–water partition coefficient (Wildman–Crippen LogP) is 3.13. The molecule has 7 nitrogen and oxygen atoms in total. The number of halogens is 1.